The van der Waals surface area contributed by atoms with Gasteiger partial charge in [-0.15, -0.1) is 0 Å². The molecule has 0 spiro atoms. The number of nitrogens with one attached hydrogen (secondary N) is 3. The van der Waals surface area contributed by atoms with E-state index in [1.165, 1.54) is 0 Å². The van der Waals surface area contributed by atoms with Gasteiger partial charge in [-0.25, -0.2) is 0 Å². The van der Waals surface area contributed by atoms with Crippen LogP contribution in [0.15, 0.2) is 29.1 Å². The molecule has 1 atom stereocenters. The third kappa shape index (κ3) is 5.00. The lowest BCUT2D eigenvalue weighted by Crippen LogP contribution is -2.41. The van der Waals surface area contributed by atoms with E-state index in [9.17, 15) is 19.2 Å². The Bertz CT molecular complexity index is 1120. The van der Waals surface area contributed by atoms with Crippen LogP contribution in [0, 0.1) is 5.92 Å². The summed E-state index contributed by atoms with van der Waals surface area (Å²) in [7, 11) is 0. The zero-order chi connectivity index (χ0) is 23.5. The normalized spacial score (nSPS) is 18.3. The summed E-state index contributed by atoms with van der Waals surface area (Å²) in [6.07, 6.45) is 0.970. The molecule has 3 N–H and O–H groups in total. The molecule has 1 fully saturated rings. The van der Waals surface area contributed by atoms with E-state index in [4.69, 9.17) is 16.3 Å². The first-order valence-electron chi connectivity index (χ1n) is 10.8. The van der Waals surface area contributed by atoms with Crippen molar-refractivity contribution in [2.24, 2.45) is 5.92 Å². The molecular formula is C22H24ClN5O5. The molecule has 2 aromatic rings. The van der Waals surface area contributed by atoms with E-state index in [2.05, 4.69) is 20.6 Å². The molecule has 2 amide bonds. The first kappa shape index (κ1) is 22.8. The number of H-pyrrole nitrogens is 1. The molecule has 0 bridgehead atoms. The predicted molar refractivity (Wildman–Crippen MR) is 122 cm³/mol. The number of esters is 1. The Morgan fingerprint density at radius 2 is 1.91 bits per heavy atom. The zero-order valence-corrected chi connectivity index (χ0v) is 18.8. The van der Waals surface area contributed by atoms with Crippen molar-refractivity contribution >= 4 is 46.8 Å². The number of halogens is 1. The number of hydrogen-bond acceptors (Lipinski definition) is 7. The van der Waals surface area contributed by atoms with E-state index in [1.54, 1.807) is 31.2 Å². The van der Waals surface area contributed by atoms with Crippen molar-refractivity contribution in [3.63, 3.8) is 0 Å². The summed E-state index contributed by atoms with van der Waals surface area (Å²) in [5.74, 6) is -1.90. The summed E-state index contributed by atoms with van der Waals surface area (Å²) in [4.78, 5) is 59.1. The topological polar surface area (TPSA) is 133 Å². The Hall–Kier alpha value is -3.40. The van der Waals surface area contributed by atoms with Crippen molar-refractivity contribution in [2.45, 2.75) is 32.1 Å². The number of piperidine rings is 1. The van der Waals surface area contributed by atoms with Gasteiger partial charge in [0.1, 0.15) is 5.82 Å². The molecule has 4 rings (SSSR count). The second kappa shape index (κ2) is 9.62. The number of ether oxygens (including phenoxy) is 1. The van der Waals surface area contributed by atoms with Gasteiger partial charge in [-0.1, -0.05) is 11.6 Å². The molecule has 0 aliphatic carbocycles. The summed E-state index contributed by atoms with van der Waals surface area (Å²) in [6.45, 7) is 3.11. The van der Waals surface area contributed by atoms with Gasteiger partial charge in [0.15, 0.2) is 0 Å². The minimum atomic E-state index is -0.982. The molecule has 1 aromatic carbocycles. The molecule has 3 heterocycles. The minimum Gasteiger partial charge on any atom is -0.466 e. The Morgan fingerprint density at radius 3 is 2.58 bits per heavy atom. The first-order chi connectivity index (χ1) is 15.9. The number of hydrogen-bond donors (Lipinski definition) is 3. The van der Waals surface area contributed by atoms with E-state index < -0.39 is 23.3 Å². The average molecular weight is 474 g/mol. The van der Waals surface area contributed by atoms with Gasteiger partial charge < -0.3 is 20.3 Å². The lowest BCUT2D eigenvalue weighted by molar-refractivity contribution is -0.148. The van der Waals surface area contributed by atoms with E-state index in [0.717, 1.165) is 0 Å². The van der Waals surface area contributed by atoms with Gasteiger partial charge >= 0.3 is 5.97 Å². The van der Waals surface area contributed by atoms with Crippen LogP contribution in [0.5, 0.6) is 0 Å². The molecule has 174 valence electrons. The number of aromatic amines is 1. The number of carbonyl (C=O) groups excluding carboxylic acids is 3. The maximum Gasteiger partial charge on any atom is 0.309 e. The minimum absolute atomic E-state index is 0.0776. The van der Waals surface area contributed by atoms with Crippen LogP contribution in [0.3, 0.4) is 0 Å². The van der Waals surface area contributed by atoms with Gasteiger partial charge in [-0.3, -0.25) is 24.2 Å². The number of carbonyl (C=O) groups is 3. The monoisotopic (exact) mass is 473 g/mol. The van der Waals surface area contributed by atoms with Crippen LogP contribution in [0.4, 0.5) is 17.5 Å². The van der Waals surface area contributed by atoms with Gasteiger partial charge in [-0.05, 0) is 44.0 Å². The highest BCUT2D eigenvalue weighted by Crippen LogP contribution is 2.31. The summed E-state index contributed by atoms with van der Waals surface area (Å²) in [5.41, 5.74) is 0.132. The van der Waals surface area contributed by atoms with Crippen LogP contribution in [-0.2, 0) is 19.1 Å². The maximum absolute atomic E-state index is 13.0. The highest BCUT2D eigenvalue weighted by atomic mass is 35.5. The Labute approximate surface area is 194 Å². The Kier molecular flexibility index (Phi) is 6.64. The second-order valence-corrected chi connectivity index (χ2v) is 8.40. The van der Waals surface area contributed by atoms with Crippen molar-refractivity contribution in [2.75, 3.05) is 35.2 Å². The summed E-state index contributed by atoms with van der Waals surface area (Å²) < 4.78 is 5.09. The maximum atomic E-state index is 13.0. The summed E-state index contributed by atoms with van der Waals surface area (Å²) in [6, 6.07) is 6.53. The fourth-order valence-corrected chi connectivity index (χ4v) is 4.21. The van der Waals surface area contributed by atoms with Gasteiger partial charge in [0.2, 0.25) is 17.8 Å². The molecule has 1 saturated heterocycles. The highest BCUT2D eigenvalue weighted by molar-refractivity contribution is 6.30. The van der Waals surface area contributed by atoms with Crippen molar-refractivity contribution in [3.8, 4) is 0 Å². The van der Waals surface area contributed by atoms with Crippen molar-refractivity contribution in [3.05, 3.63) is 45.2 Å². The molecule has 11 heteroatoms. The van der Waals surface area contributed by atoms with Gasteiger partial charge in [0.05, 0.1) is 24.0 Å². The van der Waals surface area contributed by atoms with Crippen molar-refractivity contribution in [1.29, 1.82) is 0 Å². The quantitative estimate of drug-likeness (QED) is 0.567. The van der Waals surface area contributed by atoms with Crippen LogP contribution in [0.2, 0.25) is 5.02 Å². The average Bonchev–Trinajstić information content (AvgIpc) is 2.80. The SMILES string of the molecule is CCOC(=O)C1CCN(c2nc3c(c(=O)[nH]2)[C@@H](C(=O)Nc2ccc(Cl)cc2)CC(=O)N3)CC1. The third-order valence-electron chi connectivity index (χ3n) is 5.78. The van der Waals surface area contributed by atoms with Crippen molar-refractivity contribution in [1.82, 2.24) is 9.97 Å². The van der Waals surface area contributed by atoms with E-state index in [1.807, 2.05) is 4.90 Å². The van der Waals surface area contributed by atoms with Crippen LogP contribution in [-0.4, -0.2) is 47.4 Å². The number of benzene rings is 1. The molecule has 2 aliphatic rings. The highest BCUT2D eigenvalue weighted by Gasteiger charge is 2.36. The van der Waals surface area contributed by atoms with Gasteiger partial charge in [0.25, 0.3) is 5.56 Å². The molecule has 2 aliphatic heterocycles. The second-order valence-electron chi connectivity index (χ2n) is 7.97. The number of rotatable bonds is 5. The molecule has 33 heavy (non-hydrogen) atoms. The number of aromatic nitrogens is 2. The number of fused-ring (bicyclic) bond motifs is 1. The zero-order valence-electron chi connectivity index (χ0n) is 18.0. The fourth-order valence-electron chi connectivity index (χ4n) is 4.08. The van der Waals surface area contributed by atoms with E-state index >= 15 is 0 Å². The Balaban J connectivity index is 1.53. The van der Waals surface area contributed by atoms with Crippen LogP contribution in [0.25, 0.3) is 0 Å². The molecule has 1 aromatic heterocycles. The smallest absolute Gasteiger partial charge is 0.309 e. The van der Waals surface area contributed by atoms with E-state index in [0.29, 0.717) is 49.2 Å². The Morgan fingerprint density at radius 1 is 1.21 bits per heavy atom. The molecule has 10 nitrogen and oxygen atoms in total. The molecule has 0 radical (unpaired) electrons. The largest absolute Gasteiger partial charge is 0.466 e. The lowest BCUT2D eigenvalue weighted by Gasteiger charge is -2.32. The lowest BCUT2D eigenvalue weighted by atomic mass is 9.92. The van der Waals surface area contributed by atoms with Gasteiger partial charge in [-0.2, -0.15) is 4.98 Å². The third-order valence-corrected chi connectivity index (χ3v) is 6.03. The fraction of sp³-hybridized carbons (Fsp3) is 0.409. The summed E-state index contributed by atoms with van der Waals surface area (Å²) in [5, 5.41) is 5.85. The molecular weight excluding hydrogens is 450 g/mol. The number of nitrogens with zero attached hydrogens (tertiary/aromatic N) is 2. The van der Waals surface area contributed by atoms with Crippen LogP contribution >= 0.6 is 11.6 Å². The van der Waals surface area contributed by atoms with Gasteiger partial charge in [0, 0.05) is 30.2 Å². The predicted octanol–water partition coefficient (Wildman–Crippen LogP) is 2.27. The van der Waals surface area contributed by atoms with Crippen LogP contribution in [0.1, 0.15) is 37.7 Å². The van der Waals surface area contributed by atoms with Crippen LogP contribution < -0.4 is 21.1 Å². The van der Waals surface area contributed by atoms with E-state index in [-0.39, 0.29) is 29.7 Å². The summed E-state index contributed by atoms with van der Waals surface area (Å²) >= 11 is 5.87. The number of anilines is 3. The first-order valence-corrected chi connectivity index (χ1v) is 11.2. The molecule has 0 unspecified atom stereocenters. The number of amides is 2. The standard InChI is InChI=1S/C22H24ClN5O5/c1-2-33-21(32)12-7-9-28(10-8-12)22-26-18-17(20(31)27-22)15(11-16(29)25-18)19(30)24-14-5-3-13(23)4-6-14/h3-6,12,15H,2,7-11H2,1H3,(H,24,30)(H2,25,26,27,29,31)/t15-/m0/s1. The van der Waals surface area contributed by atoms with Crippen molar-refractivity contribution < 1.29 is 19.1 Å². The molecule has 0 saturated carbocycles.